The Morgan fingerprint density at radius 3 is 2.40 bits per heavy atom. The van der Waals surface area contributed by atoms with Crippen molar-refractivity contribution in [1.29, 1.82) is 0 Å². The van der Waals surface area contributed by atoms with E-state index in [4.69, 9.17) is 21.1 Å². The van der Waals surface area contributed by atoms with Crippen molar-refractivity contribution in [2.75, 3.05) is 13.2 Å². The highest BCUT2D eigenvalue weighted by molar-refractivity contribution is 6.31. The lowest BCUT2D eigenvalue weighted by molar-refractivity contribution is -0.127. The molecule has 0 aliphatic heterocycles. The van der Waals surface area contributed by atoms with Crippen LogP contribution in [0.15, 0.2) is 36.4 Å². The van der Waals surface area contributed by atoms with Gasteiger partial charge in [-0.05, 0) is 74.7 Å². The molecule has 0 spiro atoms. The largest absolute Gasteiger partial charge is 0.492 e. The fourth-order valence-corrected chi connectivity index (χ4v) is 2.57. The molecule has 2 aromatic rings. The SMILES string of the molecule is Cc1cc(C)cc(OCCNC(=O)[C@H](C)Oc2ccc(Cl)c(C)c2)c1. The number of hydrogen-bond acceptors (Lipinski definition) is 3. The third kappa shape index (κ3) is 5.98. The number of carbonyl (C=O) groups excluding carboxylic acids is 1. The Hall–Kier alpha value is -2.20. The van der Waals surface area contributed by atoms with Gasteiger partial charge in [0.15, 0.2) is 6.10 Å². The molecule has 2 aromatic carbocycles. The molecule has 0 unspecified atom stereocenters. The minimum atomic E-state index is -0.596. The van der Waals surface area contributed by atoms with Crippen molar-refractivity contribution in [2.24, 2.45) is 0 Å². The van der Waals surface area contributed by atoms with Gasteiger partial charge in [0.25, 0.3) is 5.91 Å². The van der Waals surface area contributed by atoms with Crippen LogP contribution in [0, 0.1) is 20.8 Å². The van der Waals surface area contributed by atoms with E-state index in [0.29, 0.717) is 23.9 Å². The van der Waals surface area contributed by atoms with Gasteiger partial charge < -0.3 is 14.8 Å². The van der Waals surface area contributed by atoms with Gasteiger partial charge in [-0.1, -0.05) is 17.7 Å². The van der Waals surface area contributed by atoms with Gasteiger partial charge in [0.1, 0.15) is 18.1 Å². The Labute approximate surface area is 154 Å². The van der Waals surface area contributed by atoms with Gasteiger partial charge in [0.2, 0.25) is 0 Å². The number of hydrogen-bond donors (Lipinski definition) is 1. The minimum absolute atomic E-state index is 0.184. The van der Waals surface area contributed by atoms with Crippen LogP contribution < -0.4 is 14.8 Å². The molecule has 1 N–H and O–H groups in total. The van der Waals surface area contributed by atoms with E-state index in [2.05, 4.69) is 11.4 Å². The molecule has 0 aliphatic rings. The molecular formula is C20H24ClNO3. The topological polar surface area (TPSA) is 47.6 Å². The maximum absolute atomic E-state index is 12.1. The average Bonchev–Trinajstić information content (AvgIpc) is 2.54. The molecule has 1 atom stereocenters. The van der Waals surface area contributed by atoms with Crippen molar-refractivity contribution in [2.45, 2.75) is 33.8 Å². The Morgan fingerprint density at radius 2 is 1.76 bits per heavy atom. The molecule has 4 nitrogen and oxygen atoms in total. The summed E-state index contributed by atoms with van der Waals surface area (Å²) in [7, 11) is 0. The van der Waals surface area contributed by atoms with Crippen molar-refractivity contribution in [3.8, 4) is 11.5 Å². The molecule has 0 radical (unpaired) electrons. The molecule has 5 heteroatoms. The van der Waals surface area contributed by atoms with Crippen molar-refractivity contribution in [3.05, 3.63) is 58.1 Å². The lowest BCUT2D eigenvalue weighted by atomic mass is 10.1. The van der Waals surface area contributed by atoms with E-state index in [1.54, 1.807) is 19.1 Å². The van der Waals surface area contributed by atoms with Gasteiger partial charge in [-0.25, -0.2) is 0 Å². The van der Waals surface area contributed by atoms with E-state index in [-0.39, 0.29) is 5.91 Å². The highest BCUT2D eigenvalue weighted by Crippen LogP contribution is 2.22. The highest BCUT2D eigenvalue weighted by Gasteiger charge is 2.14. The van der Waals surface area contributed by atoms with E-state index in [9.17, 15) is 4.79 Å². The van der Waals surface area contributed by atoms with Crippen molar-refractivity contribution in [1.82, 2.24) is 5.32 Å². The summed E-state index contributed by atoms with van der Waals surface area (Å²) in [6, 6.07) is 11.4. The Balaban J connectivity index is 1.76. The van der Waals surface area contributed by atoms with Crippen molar-refractivity contribution in [3.63, 3.8) is 0 Å². The number of amides is 1. The molecule has 2 rings (SSSR count). The number of rotatable bonds is 7. The van der Waals surface area contributed by atoms with Crippen molar-refractivity contribution >= 4 is 17.5 Å². The summed E-state index contributed by atoms with van der Waals surface area (Å²) in [5, 5.41) is 3.49. The lowest BCUT2D eigenvalue weighted by Crippen LogP contribution is -2.38. The Kier molecular flexibility index (Phi) is 6.71. The second-order valence-electron chi connectivity index (χ2n) is 6.13. The van der Waals surface area contributed by atoms with Gasteiger partial charge in [-0.15, -0.1) is 0 Å². The van der Waals surface area contributed by atoms with Gasteiger partial charge in [0, 0.05) is 5.02 Å². The number of nitrogens with one attached hydrogen (secondary N) is 1. The van der Waals surface area contributed by atoms with Crippen LogP contribution in [0.5, 0.6) is 11.5 Å². The summed E-state index contributed by atoms with van der Waals surface area (Å²) in [5.74, 6) is 1.25. The molecule has 1 amide bonds. The molecule has 0 saturated carbocycles. The van der Waals surface area contributed by atoms with Crippen LogP contribution in [-0.4, -0.2) is 25.2 Å². The van der Waals surface area contributed by atoms with E-state index in [0.717, 1.165) is 22.4 Å². The standard InChI is InChI=1S/C20H24ClNO3/c1-13-9-14(2)11-18(10-13)24-8-7-22-20(23)16(4)25-17-5-6-19(21)15(3)12-17/h5-6,9-12,16H,7-8H2,1-4H3,(H,22,23)/t16-/m0/s1. The predicted molar refractivity (Wildman–Crippen MR) is 101 cm³/mol. The summed E-state index contributed by atoms with van der Waals surface area (Å²) in [6.45, 7) is 8.48. The average molecular weight is 362 g/mol. The maximum Gasteiger partial charge on any atom is 0.260 e. The Morgan fingerprint density at radius 1 is 1.08 bits per heavy atom. The fourth-order valence-electron chi connectivity index (χ4n) is 2.45. The second kappa shape index (κ2) is 8.77. The molecule has 0 heterocycles. The van der Waals surface area contributed by atoms with Gasteiger partial charge >= 0.3 is 0 Å². The summed E-state index contributed by atoms with van der Waals surface area (Å²) in [4.78, 5) is 12.1. The smallest absolute Gasteiger partial charge is 0.260 e. The molecule has 0 aromatic heterocycles. The first kappa shape index (κ1) is 19.1. The minimum Gasteiger partial charge on any atom is -0.492 e. The first-order chi connectivity index (χ1) is 11.8. The highest BCUT2D eigenvalue weighted by atomic mass is 35.5. The van der Waals surface area contributed by atoms with Crippen LogP contribution in [0.4, 0.5) is 0 Å². The molecule has 0 fully saturated rings. The number of ether oxygens (including phenoxy) is 2. The van der Waals surface area contributed by atoms with E-state index < -0.39 is 6.10 Å². The predicted octanol–water partition coefficient (Wildman–Crippen LogP) is 4.23. The molecule has 25 heavy (non-hydrogen) atoms. The van der Waals surface area contributed by atoms with Crippen LogP contribution in [0.3, 0.4) is 0 Å². The summed E-state index contributed by atoms with van der Waals surface area (Å²) >= 11 is 5.99. The van der Waals surface area contributed by atoms with Gasteiger partial charge in [-0.2, -0.15) is 0 Å². The zero-order chi connectivity index (χ0) is 18.4. The quantitative estimate of drug-likeness (QED) is 0.751. The third-order valence-electron chi connectivity index (χ3n) is 3.68. The zero-order valence-corrected chi connectivity index (χ0v) is 15.8. The molecular weight excluding hydrogens is 338 g/mol. The normalized spacial score (nSPS) is 11.7. The van der Waals surface area contributed by atoms with E-state index in [1.165, 1.54) is 0 Å². The summed E-state index contributed by atoms with van der Waals surface area (Å²) in [5.41, 5.74) is 3.22. The number of carbonyl (C=O) groups is 1. The monoisotopic (exact) mass is 361 g/mol. The summed E-state index contributed by atoms with van der Waals surface area (Å²) in [6.07, 6.45) is -0.596. The first-order valence-electron chi connectivity index (χ1n) is 8.27. The van der Waals surface area contributed by atoms with Crippen LogP contribution in [0.1, 0.15) is 23.6 Å². The number of aryl methyl sites for hydroxylation is 3. The van der Waals surface area contributed by atoms with Gasteiger partial charge in [-0.3, -0.25) is 4.79 Å². The van der Waals surface area contributed by atoms with Crippen LogP contribution in [0.2, 0.25) is 5.02 Å². The molecule has 0 bridgehead atoms. The fraction of sp³-hybridized carbons (Fsp3) is 0.350. The molecule has 0 saturated heterocycles. The van der Waals surface area contributed by atoms with Crippen LogP contribution in [0.25, 0.3) is 0 Å². The van der Waals surface area contributed by atoms with Crippen LogP contribution in [-0.2, 0) is 4.79 Å². The van der Waals surface area contributed by atoms with E-state index >= 15 is 0 Å². The third-order valence-corrected chi connectivity index (χ3v) is 4.10. The van der Waals surface area contributed by atoms with Gasteiger partial charge in [0.05, 0.1) is 6.54 Å². The Bertz CT molecular complexity index is 725. The zero-order valence-electron chi connectivity index (χ0n) is 15.1. The number of benzene rings is 2. The first-order valence-corrected chi connectivity index (χ1v) is 8.64. The lowest BCUT2D eigenvalue weighted by Gasteiger charge is -2.15. The second-order valence-corrected chi connectivity index (χ2v) is 6.54. The molecule has 0 aliphatic carbocycles. The number of halogens is 1. The maximum atomic E-state index is 12.1. The summed E-state index contributed by atoms with van der Waals surface area (Å²) < 4.78 is 11.3. The van der Waals surface area contributed by atoms with Crippen molar-refractivity contribution < 1.29 is 14.3 Å². The van der Waals surface area contributed by atoms with E-state index in [1.807, 2.05) is 39.0 Å². The van der Waals surface area contributed by atoms with Crippen LogP contribution >= 0.6 is 11.6 Å². The molecule has 134 valence electrons.